The molecule has 1 heteroatoms. The van der Waals surface area contributed by atoms with E-state index in [4.69, 9.17) is 0 Å². The average molecular weight is 277 g/mol. The van der Waals surface area contributed by atoms with Crippen molar-refractivity contribution in [2.45, 2.75) is 5.75 Å². The van der Waals surface area contributed by atoms with Crippen molar-refractivity contribution in [1.82, 2.24) is 0 Å². The molecule has 0 N–H and O–H groups in total. The minimum Gasteiger partial charge on any atom is -0.0610 e. The van der Waals surface area contributed by atoms with Gasteiger partial charge in [0.05, 0.1) is 12.5 Å². The number of benzene rings is 4. The standard InChI is InChI=1S/C19H17S/c1-20(2)12-16-9-8-15-7-6-13-4-3-5-14-10-11-17(16)19(15)18(13)14/h3-11H,12H2,1-2H3/q+1. The smallest absolute Gasteiger partial charge is 0.0610 e. The van der Waals surface area contributed by atoms with Crippen molar-refractivity contribution in [3.05, 3.63) is 60.2 Å². The minimum atomic E-state index is 0.432. The fraction of sp³-hybridized carbons (Fsp3) is 0.158. The summed E-state index contributed by atoms with van der Waals surface area (Å²) >= 11 is 0. The van der Waals surface area contributed by atoms with E-state index in [-0.39, 0.29) is 0 Å². The van der Waals surface area contributed by atoms with Crippen LogP contribution >= 0.6 is 0 Å². The molecule has 0 atom stereocenters. The van der Waals surface area contributed by atoms with Crippen molar-refractivity contribution in [3.63, 3.8) is 0 Å². The van der Waals surface area contributed by atoms with E-state index < -0.39 is 0 Å². The van der Waals surface area contributed by atoms with E-state index in [0.29, 0.717) is 10.9 Å². The van der Waals surface area contributed by atoms with Gasteiger partial charge in [0, 0.05) is 5.56 Å². The summed E-state index contributed by atoms with van der Waals surface area (Å²) in [5.74, 6) is 1.17. The first-order valence-corrected chi connectivity index (χ1v) is 9.15. The Bertz CT molecular complexity index is 890. The zero-order chi connectivity index (χ0) is 13.7. The molecule has 98 valence electrons. The molecule has 0 fully saturated rings. The minimum absolute atomic E-state index is 0.432. The second kappa shape index (κ2) is 4.39. The molecule has 0 aliphatic heterocycles. The number of rotatable bonds is 2. The fourth-order valence-electron chi connectivity index (χ4n) is 3.23. The highest BCUT2D eigenvalue weighted by Crippen LogP contribution is 2.36. The maximum atomic E-state index is 2.32. The van der Waals surface area contributed by atoms with Gasteiger partial charge < -0.3 is 0 Å². The quantitative estimate of drug-likeness (QED) is 0.359. The molecule has 0 radical (unpaired) electrons. The van der Waals surface area contributed by atoms with Crippen molar-refractivity contribution >= 4 is 43.2 Å². The molecule has 0 spiro atoms. The third kappa shape index (κ3) is 1.70. The van der Waals surface area contributed by atoms with Crippen LogP contribution in [0.5, 0.6) is 0 Å². The van der Waals surface area contributed by atoms with Crippen LogP contribution in [0.3, 0.4) is 0 Å². The maximum absolute atomic E-state index is 2.32. The van der Waals surface area contributed by atoms with Crippen molar-refractivity contribution in [2.24, 2.45) is 0 Å². The lowest BCUT2D eigenvalue weighted by atomic mass is 9.92. The number of hydrogen-bond donors (Lipinski definition) is 0. The molecule has 4 aromatic carbocycles. The van der Waals surface area contributed by atoms with E-state index >= 15 is 0 Å². The first-order valence-electron chi connectivity index (χ1n) is 6.93. The second-order valence-electron chi connectivity index (χ2n) is 5.71. The Morgan fingerprint density at radius 2 is 1.30 bits per heavy atom. The monoisotopic (exact) mass is 277 g/mol. The lowest BCUT2D eigenvalue weighted by Gasteiger charge is -2.13. The van der Waals surface area contributed by atoms with Crippen LogP contribution in [0.25, 0.3) is 32.3 Å². The Hall–Kier alpha value is -1.73. The third-order valence-corrected chi connectivity index (χ3v) is 4.95. The lowest BCUT2D eigenvalue weighted by molar-refractivity contribution is 1.46. The maximum Gasteiger partial charge on any atom is 0.133 e. The van der Waals surface area contributed by atoms with Gasteiger partial charge in [0.1, 0.15) is 5.75 Å². The summed E-state index contributed by atoms with van der Waals surface area (Å²) in [6.45, 7) is 0. The predicted octanol–water partition coefficient (Wildman–Crippen LogP) is 4.96. The van der Waals surface area contributed by atoms with Crippen molar-refractivity contribution < 1.29 is 0 Å². The highest BCUT2D eigenvalue weighted by atomic mass is 32.2. The molecular weight excluding hydrogens is 260 g/mol. The molecule has 0 nitrogen and oxygen atoms in total. The van der Waals surface area contributed by atoms with Gasteiger partial charge in [-0.05, 0) is 43.2 Å². The second-order valence-corrected chi connectivity index (χ2v) is 7.97. The van der Waals surface area contributed by atoms with Crippen molar-refractivity contribution in [2.75, 3.05) is 12.5 Å². The zero-order valence-electron chi connectivity index (χ0n) is 11.8. The molecule has 0 unspecified atom stereocenters. The SMILES string of the molecule is C[S+](C)Cc1ccc2ccc3cccc4ccc1c2c34. The van der Waals surface area contributed by atoms with E-state index in [1.165, 1.54) is 43.6 Å². The predicted molar refractivity (Wildman–Crippen MR) is 93.1 cm³/mol. The van der Waals surface area contributed by atoms with Gasteiger partial charge in [0.25, 0.3) is 0 Å². The molecule has 0 aromatic heterocycles. The van der Waals surface area contributed by atoms with E-state index in [1.54, 1.807) is 0 Å². The molecular formula is C19H17S+. The molecule has 0 saturated heterocycles. The van der Waals surface area contributed by atoms with Gasteiger partial charge in [-0.2, -0.15) is 0 Å². The summed E-state index contributed by atoms with van der Waals surface area (Å²) in [5, 5.41) is 8.38. The average Bonchev–Trinajstić information content (AvgIpc) is 2.46. The summed E-state index contributed by atoms with van der Waals surface area (Å²) < 4.78 is 0. The van der Waals surface area contributed by atoms with Gasteiger partial charge >= 0.3 is 0 Å². The molecule has 20 heavy (non-hydrogen) atoms. The summed E-state index contributed by atoms with van der Waals surface area (Å²) in [5.41, 5.74) is 1.49. The fourth-order valence-corrected chi connectivity index (χ4v) is 4.11. The molecule has 4 aromatic rings. The van der Waals surface area contributed by atoms with Crippen molar-refractivity contribution in [3.8, 4) is 0 Å². The molecule has 0 bridgehead atoms. The van der Waals surface area contributed by atoms with Gasteiger partial charge in [0.2, 0.25) is 0 Å². The van der Waals surface area contributed by atoms with Crippen LogP contribution in [-0.4, -0.2) is 12.5 Å². The summed E-state index contributed by atoms with van der Waals surface area (Å²) in [6.07, 6.45) is 4.63. The first-order chi connectivity index (χ1) is 9.74. The zero-order valence-corrected chi connectivity index (χ0v) is 12.6. The summed E-state index contributed by atoms with van der Waals surface area (Å²) in [7, 11) is 0.432. The first kappa shape index (κ1) is 12.0. The van der Waals surface area contributed by atoms with Crippen LogP contribution in [0, 0.1) is 0 Å². The van der Waals surface area contributed by atoms with Crippen LogP contribution in [0.4, 0.5) is 0 Å². The Kier molecular flexibility index (Phi) is 2.64. The lowest BCUT2D eigenvalue weighted by Crippen LogP contribution is -2.00. The Labute approximate surface area is 122 Å². The Morgan fingerprint density at radius 1 is 0.700 bits per heavy atom. The topological polar surface area (TPSA) is 0 Å². The van der Waals surface area contributed by atoms with Gasteiger partial charge in [-0.15, -0.1) is 0 Å². The van der Waals surface area contributed by atoms with E-state index in [2.05, 4.69) is 67.1 Å². The van der Waals surface area contributed by atoms with Crippen LogP contribution in [0.2, 0.25) is 0 Å². The summed E-state index contributed by atoms with van der Waals surface area (Å²) in [6, 6.07) is 20.3. The highest BCUT2D eigenvalue weighted by molar-refractivity contribution is 7.94. The Balaban J connectivity index is 2.20. The molecule has 0 amide bonds. The Morgan fingerprint density at radius 3 is 2.00 bits per heavy atom. The van der Waals surface area contributed by atoms with E-state index in [0.717, 1.165) is 0 Å². The number of hydrogen-bond acceptors (Lipinski definition) is 0. The van der Waals surface area contributed by atoms with Gasteiger partial charge in [-0.1, -0.05) is 54.6 Å². The largest absolute Gasteiger partial charge is 0.133 e. The van der Waals surface area contributed by atoms with Gasteiger partial charge in [0.15, 0.2) is 0 Å². The van der Waals surface area contributed by atoms with E-state index in [9.17, 15) is 0 Å². The van der Waals surface area contributed by atoms with E-state index in [1.807, 2.05) is 0 Å². The van der Waals surface area contributed by atoms with Crippen molar-refractivity contribution in [1.29, 1.82) is 0 Å². The molecule has 0 saturated carbocycles. The van der Waals surface area contributed by atoms with Gasteiger partial charge in [-0.25, -0.2) is 0 Å². The molecule has 0 heterocycles. The van der Waals surface area contributed by atoms with Gasteiger partial charge in [-0.3, -0.25) is 0 Å². The summed E-state index contributed by atoms with van der Waals surface area (Å²) in [4.78, 5) is 0. The molecule has 4 rings (SSSR count). The van der Waals surface area contributed by atoms with Crippen LogP contribution in [0.15, 0.2) is 54.6 Å². The van der Waals surface area contributed by atoms with Crippen LogP contribution < -0.4 is 0 Å². The van der Waals surface area contributed by atoms with Crippen LogP contribution in [0.1, 0.15) is 5.56 Å². The van der Waals surface area contributed by atoms with Crippen LogP contribution in [-0.2, 0) is 16.6 Å². The highest BCUT2D eigenvalue weighted by Gasteiger charge is 2.13. The molecule has 0 aliphatic rings. The normalized spacial score (nSPS) is 12.2. The third-order valence-electron chi connectivity index (χ3n) is 4.06. The molecule has 0 aliphatic carbocycles.